The number of halogens is 2. The summed E-state index contributed by atoms with van der Waals surface area (Å²) in [6, 6.07) is 3.83. The molecule has 0 radical (unpaired) electrons. The van der Waals surface area contributed by atoms with E-state index < -0.39 is 11.6 Å². The van der Waals surface area contributed by atoms with Gasteiger partial charge in [-0.1, -0.05) is 6.07 Å². The molecule has 0 saturated carbocycles. The molecule has 0 N–H and O–H groups in total. The molecule has 0 aliphatic rings. The molecule has 0 atom stereocenters. The Labute approximate surface area is 81.7 Å². The summed E-state index contributed by atoms with van der Waals surface area (Å²) < 4.78 is 30.6. The van der Waals surface area contributed by atoms with Gasteiger partial charge in [-0.25, -0.2) is 4.39 Å². The molecule has 0 unspecified atom stereocenters. The summed E-state index contributed by atoms with van der Waals surface area (Å²) in [5.41, 5.74) is 0. The third kappa shape index (κ3) is 2.74. The predicted octanol–water partition coefficient (Wildman–Crippen LogP) is 2.76. The molecule has 0 bridgehead atoms. The molecule has 3 heteroatoms. The Balaban J connectivity index is 2.51. The number of ether oxygens (including phenoxy) is 1. The molecule has 1 aromatic rings. The van der Waals surface area contributed by atoms with Gasteiger partial charge in [0.05, 0.1) is 6.61 Å². The van der Waals surface area contributed by atoms with Crippen molar-refractivity contribution < 1.29 is 13.5 Å². The molecule has 0 aliphatic carbocycles. The monoisotopic (exact) mass is 196 g/mol. The van der Waals surface area contributed by atoms with E-state index in [0.717, 1.165) is 6.07 Å². The number of unbranched alkanes of at least 4 members (excludes halogenated alkanes) is 1. The molecule has 1 nitrogen and oxygen atoms in total. The van der Waals surface area contributed by atoms with Crippen molar-refractivity contribution in [2.45, 2.75) is 12.8 Å². The van der Waals surface area contributed by atoms with Gasteiger partial charge in [-0.15, -0.1) is 12.3 Å². The topological polar surface area (TPSA) is 9.23 Å². The molecule has 0 amide bonds. The van der Waals surface area contributed by atoms with Gasteiger partial charge in [0, 0.05) is 6.42 Å². The van der Waals surface area contributed by atoms with Crippen LogP contribution in [-0.4, -0.2) is 6.61 Å². The van der Waals surface area contributed by atoms with Crippen LogP contribution in [0.1, 0.15) is 12.8 Å². The van der Waals surface area contributed by atoms with Gasteiger partial charge in [0.25, 0.3) is 0 Å². The van der Waals surface area contributed by atoms with E-state index in [-0.39, 0.29) is 5.75 Å². The van der Waals surface area contributed by atoms with Gasteiger partial charge >= 0.3 is 0 Å². The zero-order valence-corrected chi connectivity index (χ0v) is 7.59. The maximum absolute atomic E-state index is 13.0. The summed E-state index contributed by atoms with van der Waals surface area (Å²) in [6.07, 6.45) is 6.22. The third-order valence-corrected chi connectivity index (χ3v) is 1.64. The quantitative estimate of drug-likeness (QED) is 0.531. The summed E-state index contributed by atoms with van der Waals surface area (Å²) in [5, 5.41) is 0. The summed E-state index contributed by atoms with van der Waals surface area (Å²) >= 11 is 0. The molecule has 1 aromatic carbocycles. The van der Waals surface area contributed by atoms with Crippen molar-refractivity contribution in [1.82, 2.24) is 0 Å². The van der Waals surface area contributed by atoms with Crippen molar-refractivity contribution in [2.75, 3.05) is 6.61 Å². The smallest absolute Gasteiger partial charge is 0.200 e. The summed E-state index contributed by atoms with van der Waals surface area (Å²) in [5.74, 6) is 0.511. The van der Waals surface area contributed by atoms with E-state index in [2.05, 4.69) is 5.92 Å². The van der Waals surface area contributed by atoms with Crippen LogP contribution < -0.4 is 4.74 Å². The Kier molecular flexibility index (Phi) is 3.93. The van der Waals surface area contributed by atoms with Crippen molar-refractivity contribution in [3.05, 3.63) is 29.8 Å². The van der Waals surface area contributed by atoms with E-state index in [1.807, 2.05) is 0 Å². The number of hydrogen-bond donors (Lipinski definition) is 0. The standard InChI is InChI=1S/C11H10F2O/c1-2-3-4-8-14-10-7-5-6-9(12)11(10)13/h1,5-7H,3-4,8H2. The van der Waals surface area contributed by atoms with Crippen molar-refractivity contribution in [3.63, 3.8) is 0 Å². The van der Waals surface area contributed by atoms with Crippen LogP contribution in [0.2, 0.25) is 0 Å². The van der Waals surface area contributed by atoms with E-state index in [9.17, 15) is 8.78 Å². The van der Waals surface area contributed by atoms with Crippen molar-refractivity contribution in [1.29, 1.82) is 0 Å². The molecule has 0 spiro atoms. The number of terminal acetylenes is 1. The minimum absolute atomic E-state index is 0.0676. The highest BCUT2D eigenvalue weighted by Crippen LogP contribution is 2.19. The van der Waals surface area contributed by atoms with Gasteiger partial charge in [-0.3, -0.25) is 0 Å². The van der Waals surface area contributed by atoms with Gasteiger partial charge < -0.3 is 4.74 Å². The van der Waals surface area contributed by atoms with Crippen LogP contribution in [-0.2, 0) is 0 Å². The minimum atomic E-state index is -0.951. The van der Waals surface area contributed by atoms with E-state index in [0.29, 0.717) is 19.4 Å². The zero-order chi connectivity index (χ0) is 10.4. The first-order chi connectivity index (χ1) is 6.75. The first-order valence-corrected chi connectivity index (χ1v) is 4.26. The second kappa shape index (κ2) is 5.23. The fourth-order valence-corrected chi connectivity index (χ4v) is 0.952. The molecular formula is C11H10F2O. The van der Waals surface area contributed by atoms with Crippen LogP contribution >= 0.6 is 0 Å². The lowest BCUT2D eigenvalue weighted by atomic mass is 10.3. The predicted molar refractivity (Wildman–Crippen MR) is 49.9 cm³/mol. The lowest BCUT2D eigenvalue weighted by Crippen LogP contribution is -1.99. The Hall–Kier alpha value is -1.56. The van der Waals surface area contributed by atoms with Crippen molar-refractivity contribution >= 4 is 0 Å². The zero-order valence-electron chi connectivity index (χ0n) is 7.59. The van der Waals surface area contributed by atoms with Crippen LogP contribution in [0.25, 0.3) is 0 Å². The van der Waals surface area contributed by atoms with E-state index in [1.165, 1.54) is 12.1 Å². The maximum atomic E-state index is 13.0. The first-order valence-electron chi connectivity index (χ1n) is 4.26. The number of rotatable bonds is 4. The highest BCUT2D eigenvalue weighted by molar-refractivity contribution is 5.24. The highest BCUT2D eigenvalue weighted by atomic mass is 19.2. The average molecular weight is 196 g/mol. The molecular weight excluding hydrogens is 186 g/mol. The molecule has 0 fully saturated rings. The van der Waals surface area contributed by atoms with Crippen LogP contribution in [0, 0.1) is 24.0 Å². The van der Waals surface area contributed by atoms with Crippen LogP contribution in [0.5, 0.6) is 5.75 Å². The fraction of sp³-hybridized carbons (Fsp3) is 0.273. The molecule has 74 valence electrons. The Bertz CT molecular complexity index is 342. The van der Waals surface area contributed by atoms with E-state index in [1.54, 1.807) is 0 Å². The fourth-order valence-electron chi connectivity index (χ4n) is 0.952. The maximum Gasteiger partial charge on any atom is 0.200 e. The van der Waals surface area contributed by atoms with Crippen LogP contribution in [0.4, 0.5) is 8.78 Å². The summed E-state index contributed by atoms with van der Waals surface area (Å²) in [7, 11) is 0. The molecule has 0 aliphatic heterocycles. The molecule has 0 heterocycles. The normalized spacial score (nSPS) is 9.50. The lowest BCUT2D eigenvalue weighted by molar-refractivity contribution is 0.291. The van der Waals surface area contributed by atoms with Crippen molar-refractivity contribution in [2.24, 2.45) is 0 Å². The number of benzene rings is 1. The van der Waals surface area contributed by atoms with Gasteiger partial charge in [0.15, 0.2) is 11.6 Å². The highest BCUT2D eigenvalue weighted by Gasteiger charge is 2.07. The largest absolute Gasteiger partial charge is 0.490 e. The van der Waals surface area contributed by atoms with Crippen molar-refractivity contribution in [3.8, 4) is 18.1 Å². The van der Waals surface area contributed by atoms with Gasteiger partial charge in [0.2, 0.25) is 5.82 Å². The second-order valence-electron chi connectivity index (χ2n) is 2.71. The molecule has 14 heavy (non-hydrogen) atoms. The lowest BCUT2D eigenvalue weighted by Gasteiger charge is -2.05. The number of hydrogen-bond acceptors (Lipinski definition) is 1. The second-order valence-corrected chi connectivity index (χ2v) is 2.71. The Morgan fingerprint density at radius 1 is 1.36 bits per heavy atom. The molecule has 0 saturated heterocycles. The van der Waals surface area contributed by atoms with Gasteiger partial charge in [0.1, 0.15) is 0 Å². The minimum Gasteiger partial charge on any atom is -0.490 e. The summed E-state index contributed by atoms with van der Waals surface area (Å²) in [4.78, 5) is 0. The third-order valence-electron chi connectivity index (χ3n) is 1.64. The van der Waals surface area contributed by atoms with Crippen LogP contribution in [0.15, 0.2) is 18.2 Å². The summed E-state index contributed by atoms with van der Waals surface area (Å²) in [6.45, 7) is 0.296. The van der Waals surface area contributed by atoms with E-state index in [4.69, 9.17) is 11.2 Å². The SMILES string of the molecule is C#CCCCOc1cccc(F)c1F. The average Bonchev–Trinajstić information content (AvgIpc) is 2.19. The Morgan fingerprint density at radius 3 is 2.86 bits per heavy atom. The Morgan fingerprint density at radius 2 is 2.14 bits per heavy atom. The first kappa shape index (κ1) is 10.5. The van der Waals surface area contributed by atoms with Gasteiger partial charge in [-0.05, 0) is 18.6 Å². The van der Waals surface area contributed by atoms with E-state index >= 15 is 0 Å². The molecule has 1 rings (SSSR count). The van der Waals surface area contributed by atoms with Crippen LogP contribution in [0.3, 0.4) is 0 Å². The van der Waals surface area contributed by atoms with Gasteiger partial charge in [-0.2, -0.15) is 4.39 Å². The molecule has 0 aromatic heterocycles.